The third-order valence-electron chi connectivity index (χ3n) is 2.64. The van der Waals surface area contributed by atoms with Gasteiger partial charge in [0, 0.05) is 26.2 Å². The Kier molecular flexibility index (Phi) is 6.45. The van der Waals surface area contributed by atoms with Crippen LogP contribution in [0, 0.1) is 0 Å². The van der Waals surface area contributed by atoms with Gasteiger partial charge < -0.3 is 19.6 Å². The maximum absolute atomic E-state index is 9.51. The minimum absolute atomic E-state index is 0.509. The van der Waals surface area contributed by atoms with Crippen LogP contribution in [0.2, 0.25) is 0 Å². The van der Waals surface area contributed by atoms with Gasteiger partial charge in [0.15, 0.2) is 23.9 Å². The summed E-state index contributed by atoms with van der Waals surface area (Å²) in [5.41, 5.74) is 0. The van der Waals surface area contributed by atoms with E-state index in [-0.39, 0.29) is 0 Å². The first-order chi connectivity index (χ1) is 7.58. The van der Waals surface area contributed by atoms with Gasteiger partial charge in [-0.2, -0.15) is 5.06 Å². The largest absolute Gasteiger partial charge is 0.351 e. The molecule has 0 spiro atoms. The van der Waals surface area contributed by atoms with E-state index in [2.05, 4.69) is 0 Å². The first-order valence-corrected chi connectivity index (χ1v) is 5.50. The standard InChI is InChI=1S/C8H17B3N4O/c9-12-1-3-13(10)5-7-15(16)8-6-14(11)4-2-12/h16H,1-8H2. The molecule has 1 N–H and O–H groups in total. The second kappa shape index (κ2) is 7.35. The van der Waals surface area contributed by atoms with Crippen LogP contribution < -0.4 is 0 Å². The maximum atomic E-state index is 9.51. The van der Waals surface area contributed by atoms with Crippen molar-refractivity contribution >= 4 is 23.9 Å². The average molecular weight is 218 g/mol. The lowest BCUT2D eigenvalue weighted by Crippen LogP contribution is -2.43. The van der Waals surface area contributed by atoms with Crippen molar-refractivity contribution in [2.45, 2.75) is 0 Å². The van der Waals surface area contributed by atoms with Gasteiger partial charge in [-0.25, -0.2) is 0 Å². The van der Waals surface area contributed by atoms with Crippen molar-refractivity contribution in [1.82, 2.24) is 19.5 Å². The van der Waals surface area contributed by atoms with Crippen LogP contribution in [0.4, 0.5) is 0 Å². The van der Waals surface area contributed by atoms with E-state index in [1.54, 1.807) is 14.4 Å². The summed E-state index contributed by atoms with van der Waals surface area (Å²) in [6, 6.07) is 0. The predicted octanol–water partition coefficient (Wildman–Crippen LogP) is -2.15. The van der Waals surface area contributed by atoms with Gasteiger partial charge in [-0.15, -0.1) is 0 Å². The van der Waals surface area contributed by atoms with Crippen LogP contribution in [0.15, 0.2) is 0 Å². The summed E-state index contributed by atoms with van der Waals surface area (Å²) in [6.07, 6.45) is 0. The molecular weight excluding hydrogens is 201 g/mol. The summed E-state index contributed by atoms with van der Waals surface area (Å²) in [6.45, 7) is 4.96. The molecular formula is C8H17B3N4O. The third kappa shape index (κ3) is 5.91. The topological polar surface area (TPSA) is 33.2 Å². The fourth-order valence-corrected chi connectivity index (χ4v) is 1.45. The first kappa shape index (κ1) is 14.1. The highest BCUT2D eigenvalue weighted by Gasteiger charge is 2.08. The molecule has 0 unspecified atom stereocenters. The van der Waals surface area contributed by atoms with Gasteiger partial charge in [-0.1, -0.05) is 0 Å². The number of nitrogens with zero attached hydrogens (tertiary/aromatic N) is 4. The van der Waals surface area contributed by atoms with Crippen LogP contribution in [0.5, 0.6) is 0 Å². The van der Waals surface area contributed by atoms with E-state index in [1.807, 2.05) is 0 Å². The third-order valence-corrected chi connectivity index (χ3v) is 2.64. The molecule has 0 saturated carbocycles. The highest BCUT2D eigenvalue weighted by molar-refractivity contribution is 6.05. The molecule has 8 heteroatoms. The Balaban J connectivity index is 2.39. The highest BCUT2D eigenvalue weighted by atomic mass is 16.5. The Morgan fingerprint density at radius 3 is 1.12 bits per heavy atom. The molecule has 1 saturated heterocycles. The number of rotatable bonds is 0. The van der Waals surface area contributed by atoms with Crippen molar-refractivity contribution in [2.24, 2.45) is 0 Å². The second-order valence-electron chi connectivity index (χ2n) is 4.06. The van der Waals surface area contributed by atoms with Gasteiger partial charge in [0.1, 0.15) is 0 Å². The fraction of sp³-hybridized carbons (Fsp3) is 1.00. The molecule has 0 amide bonds. The van der Waals surface area contributed by atoms with E-state index in [9.17, 15) is 5.21 Å². The van der Waals surface area contributed by atoms with E-state index < -0.39 is 0 Å². The molecule has 6 radical (unpaired) electrons. The molecule has 1 aliphatic heterocycles. The van der Waals surface area contributed by atoms with Gasteiger partial charge in [-0.3, -0.25) is 0 Å². The normalized spacial score (nSPS) is 26.1. The Bertz CT molecular complexity index is 144. The average Bonchev–Trinajstić information content (AvgIpc) is 2.27. The zero-order valence-electron chi connectivity index (χ0n) is 9.62. The van der Waals surface area contributed by atoms with Gasteiger partial charge in [0.2, 0.25) is 0 Å². The van der Waals surface area contributed by atoms with Crippen LogP contribution in [0.25, 0.3) is 0 Å². The minimum Gasteiger partial charge on any atom is -0.351 e. The molecule has 0 aromatic rings. The van der Waals surface area contributed by atoms with Gasteiger partial charge in [-0.05, 0) is 26.2 Å². The number of hydrogen-bond donors (Lipinski definition) is 1. The quantitative estimate of drug-likeness (QED) is 0.468. The van der Waals surface area contributed by atoms with Crippen molar-refractivity contribution < 1.29 is 5.21 Å². The molecule has 1 fully saturated rings. The predicted molar refractivity (Wildman–Crippen MR) is 65.3 cm³/mol. The SMILES string of the molecule is [B]N1CCN([B])CCN(O)CCN([B])CC1. The number of hydroxylamine groups is 2. The lowest BCUT2D eigenvalue weighted by atomic mass is 10.2. The van der Waals surface area contributed by atoms with E-state index in [4.69, 9.17) is 23.9 Å². The molecule has 1 rings (SSSR count). The number of hydrogen-bond acceptors (Lipinski definition) is 5. The molecule has 16 heavy (non-hydrogen) atoms. The molecule has 0 atom stereocenters. The Labute approximate surface area is 102 Å². The lowest BCUT2D eigenvalue weighted by molar-refractivity contribution is -0.0936. The van der Waals surface area contributed by atoms with E-state index in [0.29, 0.717) is 52.4 Å². The zero-order chi connectivity index (χ0) is 12.0. The van der Waals surface area contributed by atoms with Gasteiger partial charge in [0.25, 0.3) is 0 Å². The second-order valence-corrected chi connectivity index (χ2v) is 4.06. The van der Waals surface area contributed by atoms with Gasteiger partial charge in [0.05, 0.1) is 0 Å². The van der Waals surface area contributed by atoms with Crippen molar-refractivity contribution in [1.29, 1.82) is 0 Å². The van der Waals surface area contributed by atoms with E-state index in [1.165, 1.54) is 5.06 Å². The zero-order valence-corrected chi connectivity index (χ0v) is 9.62. The van der Waals surface area contributed by atoms with E-state index >= 15 is 0 Å². The van der Waals surface area contributed by atoms with Crippen LogP contribution >= 0.6 is 0 Å². The monoisotopic (exact) mass is 218 g/mol. The Morgan fingerprint density at radius 1 is 0.562 bits per heavy atom. The fourth-order valence-electron chi connectivity index (χ4n) is 1.45. The highest BCUT2D eigenvalue weighted by Crippen LogP contribution is 1.92. The van der Waals surface area contributed by atoms with Crippen molar-refractivity contribution in [2.75, 3.05) is 52.4 Å². The van der Waals surface area contributed by atoms with Gasteiger partial charge >= 0.3 is 0 Å². The summed E-state index contributed by atoms with van der Waals surface area (Å²) < 4.78 is 0. The van der Waals surface area contributed by atoms with Crippen LogP contribution in [-0.4, -0.2) is 101 Å². The summed E-state index contributed by atoms with van der Waals surface area (Å²) in [5.74, 6) is 0. The summed E-state index contributed by atoms with van der Waals surface area (Å²) in [5, 5.41) is 10.8. The Hall–Kier alpha value is -0.00519. The maximum Gasteiger partial charge on any atom is 0.182 e. The van der Waals surface area contributed by atoms with Crippen LogP contribution in [0.1, 0.15) is 0 Å². The minimum atomic E-state index is 0.509. The molecule has 0 bridgehead atoms. The Morgan fingerprint density at radius 2 is 0.812 bits per heavy atom. The first-order valence-electron chi connectivity index (χ1n) is 5.50. The molecule has 5 nitrogen and oxygen atoms in total. The van der Waals surface area contributed by atoms with Crippen molar-refractivity contribution in [3.63, 3.8) is 0 Å². The van der Waals surface area contributed by atoms with E-state index in [0.717, 1.165) is 0 Å². The molecule has 1 heterocycles. The summed E-state index contributed by atoms with van der Waals surface area (Å²) in [4.78, 5) is 5.02. The van der Waals surface area contributed by atoms with Crippen molar-refractivity contribution in [3.8, 4) is 0 Å². The molecule has 0 aromatic heterocycles. The molecule has 0 aliphatic carbocycles. The molecule has 0 aromatic carbocycles. The molecule has 84 valence electrons. The summed E-state index contributed by atoms with van der Waals surface area (Å²) in [7, 11) is 17.3. The molecule has 1 aliphatic rings. The van der Waals surface area contributed by atoms with Crippen LogP contribution in [-0.2, 0) is 0 Å². The van der Waals surface area contributed by atoms with Crippen LogP contribution in [0.3, 0.4) is 0 Å². The smallest absolute Gasteiger partial charge is 0.182 e. The summed E-state index contributed by atoms with van der Waals surface area (Å²) >= 11 is 0. The van der Waals surface area contributed by atoms with Crippen molar-refractivity contribution in [3.05, 3.63) is 0 Å². The lowest BCUT2D eigenvalue weighted by Gasteiger charge is -2.29.